The summed E-state index contributed by atoms with van der Waals surface area (Å²) < 4.78 is 0. The van der Waals surface area contributed by atoms with E-state index in [4.69, 9.17) is 0 Å². The maximum Gasteiger partial charge on any atom is -0.00879 e. The van der Waals surface area contributed by atoms with E-state index < -0.39 is 0 Å². The van der Waals surface area contributed by atoms with Gasteiger partial charge in [0.05, 0.1) is 0 Å². The molecule has 0 amide bonds. The third-order valence-electron chi connectivity index (χ3n) is 10.2. The van der Waals surface area contributed by atoms with E-state index in [2.05, 4.69) is 27.4 Å². The van der Waals surface area contributed by atoms with Gasteiger partial charge >= 0.3 is 0 Å². The van der Waals surface area contributed by atoms with Crippen molar-refractivity contribution >= 4 is 0 Å². The second-order valence-electron chi connectivity index (χ2n) is 11.2. The molecule has 0 heteroatoms. The van der Waals surface area contributed by atoms with Crippen molar-refractivity contribution in [1.82, 2.24) is 0 Å². The molecule has 0 heterocycles. The standard InChI is InChI=1S/C26H44/c1-5-6-7-8-9-20-14-16-26(4)21(18-20)11-12-22-23-13-10-19(2)25(23,3)17-15-24(22)26/h20-24H,2,5-18H2,1,3-4H3/t20-,21?,22?,23?,24?,25?,26-/m0/s1. The molecule has 148 valence electrons. The van der Waals surface area contributed by atoms with Gasteiger partial charge in [0.2, 0.25) is 0 Å². The summed E-state index contributed by atoms with van der Waals surface area (Å²) in [5.74, 6) is 5.13. The van der Waals surface area contributed by atoms with Crippen LogP contribution in [0.4, 0.5) is 0 Å². The largest absolute Gasteiger partial charge is 0.0993 e. The number of allylic oxidation sites excluding steroid dienone is 1. The van der Waals surface area contributed by atoms with E-state index >= 15 is 0 Å². The molecule has 0 aromatic rings. The van der Waals surface area contributed by atoms with E-state index in [0.29, 0.717) is 10.8 Å². The Morgan fingerprint density at radius 3 is 2.58 bits per heavy atom. The van der Waals surface area contributed by atoms with E-state index in [9.17, 15) is 0 Å². The summed E-state index contributed by atoms with van der Waals surface area (Å²) in [4.78, 5) is 0. The molecule has 4 rings (SSSR count). The predicted octanol–water partition coefficient (Wildman–Crippen LogP) is 8.17. The first-order chi connectivity index (χ1) is 12.5. The SMILES string of the molecule is C=C1CCC2C3CCC4C[C@@H](CCCCCC)CC[C@]4(C)C3CCC12C. The summed E-state index contributed by atoms with van der Waals surface area (Å²) in [7, 11) is 0. The Kier molecular flexibility index (Phi) is 5.35. The first kappa shape index (κ1) is 19.1. The third kappa shape index (κ3) is 3.02. The van der Waals surface area contributed by atoms with E-state index in [-0.39, 0.29) is 0 Å². The molecule has 0 bridgehead atoms. The van der Waals surface area contributed by atoms with Gasteiger partial charge in [-0.2, -0.15) is 0 Å². The fraction of sp³-hybridized carbons (Fsp3) is 0.923. The lowest BCUT2D eigenvalue weighted by Crippen LogP contribution is -2.52. The van der Waals surface area contributed by atoms with Gasteiger partial charge in [-0.15, -0.1) is 0 Å². The average molecular weight is 357 g/mol. The van der Waals surface area contributed by atoms with Crippen molar-refractivity contribution in [2.75, 3.05) is 0 Å². The molecule has 0 aromatic heterocycles. The Morgan fingerprint density at radius 2 is 1.77 bits per heavy atom. The zero-order valence-corrected chi connectivity index (χ0v) is 18.0. The van der Waals surface area contributed by atoms with Gasteiger partial charge in [-0.25, -0.2) is 0 Å². The molecule has 0 aromatic carbocycles. The lowest BCUT2D eigenvalue weighted by molar-refractivity contribution is -0.106. The molecule has 0 nitrogen and oxygen atoms in total. The fourth-order valence-corrected chi connectivity index (χ4v) is 8.38. The van der Waals surface area contributed by atoms with E-state index in [0.717, 1.165) is 29.6 Å². The van der Waals surface area contributed by atoms with Crippen molar-refractivity contribution in [3.63, 3.8) is 0 Å². The second-order valence-corrected chi connectivity index (χ2v) is 11.2. The quantitative estimate of drug-likeness (QED) is 0.344. The molecule has 7 atom stereocenters. The molecule has 4 aliphatic carbocycles. The van der Waals surface area contributed by atoms with Crippen molar-refractivity contribution < 1.29 is 0 Å². The van der Waals surface area contributed by atoms with Crippen LogP contribution in [0.15, 0.2) is 12.2 Å². The zero-order chi connectivity index (χ0) is 18.4. The first-order valence-electron chi connectivity index (χ1n) is 12.2. The molecule has 0 radical (unpaired) electrons. The molecule has 0 aliphatic heterocycles. The van der Waals surface area contributed by atoms with Gasteiger partial charge in [0, 0.05) is 0 Å². The van der Waals surface area contributed by atoms with Crippen LogP contribution in [0.1, 0.15) is 111 Å². The Bertz CT molecular complexity index is 518. The van der Waals surface area contributed by atoms with Crippen molar-refractivity contribution in [2.45, 2.75) is 111 Å². The molecule has 0 saturated heterocycles. The van der Waals surface area contributed by atoms with Crippen molar-refractivity contribution in [2.24, 2.45) is 40.4 Å². The minimum atomic E-state index is 0.501. The Labute approximate surface area is 163 Å². The molecular formula is C26H44. The highest BCUT2D eigenvalue weighted by atomic mass is 14.6. The normalized spacial score (nSPS) is 48.0. The van der Waals surface area contributed by atoms with Crippen LogP contribution in [0.25, 0.3) is 0 Å². The van der Waals surface area contributed by atoms with Crippen LogP contribution in [-0.2, 0) is 0 Å². The van der Waals surface area contributed by atoms with E-state index in [1.54, 1.807) is 31.3 Å². The summed E-state index contributed by atoms with van der Waals surface area (Å²) in [6.07, 6.45) is 20.8. The van der Waals surface area contributed by atoms with Gasteiger partial charge in [-0.3, -0.25) is 0 Å². The minimum Gasteiger partial charge on any atom is -0.0993 e. The van der Waals surface area contributed by atoms with Crippen LogP contribution in [0.5, 0.6) is 0 Å². The summed E-state index contributed by atoms with van der Waals surface area (Å²) in [6, 6.07) is 0. The van der Waals surface area contributed by atoms with Gasteiger partial charge in [0.1, 0.15) is 0 Å². The summed E-state index contributed by atoms with van der Waals surface area (Å²) in [5, 5.41) is 0. The molecule has 4 saturated carbocycles. The van der Waals surface area contributed by atoms with Crippen molar-refractivity contribution in [3.8, 4) is 0 Å². The Balaban J connectivity index is 1.42. The summed E-state index contributed by atoms with van der Waals surface area (Å²) in [5.41, 5.74) is 2.78. The van der Waals surface area contributed by atoms with Gasteiger partial charge in [-0.05, 0) is 98.2 Å². The predicted molar refractivity (Wildman–Crippen MR) is 113 cm³/mol. The molecule has 26 heavy (non-hydrogen) atoms. The van der Waals surface area contributed by atoms with Crippen LogP contribution < -0.4 is 0 Å². The number of fused-ring (bicyclic) bond motifs is 5. The highest BCUT2D eigenvalue weighted by Crippen LogP contribution is 2.67. The lowest BCUT2D eigenvalue weighted by Gasteiger charge is -2.61. The Morgan fingerprint density at radius 1 is 0.923 bits per heavy atom. The van der Waals surface area contributed by atoms with E-state index in [1.165, 1.54) is 64.2 Å². The number of rotatable bonds is 5. The third-order valence-corrected chi connectivity index (χ3v) is 10.2. The van der Waals surface area contributed by atoms with E-state index in [1.807, 2.05) is 0 Å². The average Bonchev–Trinajstić information content (AvgIpc) is 2.94. The topological polar surface area (TPSA) is 0 Å². The van der Waals surface area contributed by atoms with Crippen LogP contribution in [0, 0.1) is 40.4 Å². The molecule has 4 fully saturated rings. The molecule has 5 unspecified atom stereocenters. The highest BCUT2D eigenvalue weighted by Gasteiger charge is 2.58. The van der Waals surface area contributed by atoms with Crippen LogP contribution in [0.2, 0.25) is 0 Å². The van der Waals surface area contributed by atoms with Crippen molar-refractivity contribution in [1.29, 1.82) is 0 Å². The monoisotopic (exact) mass is 356 g/mol. The summed E-state index contributed by atoms with van der Waals surface area (Å²) >= 11 is 0. The van der Waals surface area contributed by atoms with Crippen LogP contribution in [0.3, 0.4) is 0 Å². The van der Waals surface area contributed by atoms with Crippen LogP contribution >= 0.6 is 0 Å². The molecule has 0 spiro atoms. The fourth-order valence-electron chi connectivity index (χ4n) is 8.38. The maximum absolute atomic E-state index is 4.50. The first-order valence-corrected chi connectivity index (χ1v) is 12.2. The van der Waals surface area contributed by atoms with Gasteiger partial charge < -0.3 is 0 Å². The van der Waals surface area contributed by atoms with Crippen LogP contribution in [-0.4, -0.2) is 0 Å². The van der Waals surface area contributed by atoms with Gasteiger partial charge in [-0.1, -0.05) is 65.0 Å². The Hall–Kier alpha value is -0.260. The summed E-state index contributed by atoms with van der Waals surface area (Å²) in [6.45, 7) is 12.1. The second kappa shape index (κ2) is 7.29. The zero-order valence-electron chi connectivity index (χ0n) is 18.0. The molecule has 4 aliphatic rings. The van der Waals surface area contributed by atoms with Crippen molar-refractivity contribution in [3.05, 3.63) is 12.2 Å². The number of hydrogen-bond donors (Lipinski definition) is 0. The smallest absolute Gasteiger partial charge is 0.00879 e. The van der Waals surface area contributed by atoms with Gasteiger partial charge in [0.15, 0.2) is 0 Å². The highest BCUT2D eigenvalue weighted by molar-refractivity contribution is 5.21. The lowest BCUT2D eigenvalue weighted by atomic mass is 9.44. The maximum atomic E-state index is 4.50. The molecule has 0 N–H and O–H groups in total. The number of unbranched alkanes of at least 4 members (excludes halogenated alkanes) is 3. The number of hydrogen-bond acceptors (Lipinski definition) is 0. The minimum absolute atomic E-state index is 0.501. The van der Waals surface area contributed by atoms with Gasteiger partial charge in [0.25, 0.3) is 0 Å². The molecular weight excluding hydrogens is 312 g/mol.